The minimum Gasteiger partial charge on any atom is -0.346 e. The highest BCUT2D eigenvalue weighted by Gasteiger charge is 2.27. The number of carbonyl (C=O) groups excluding carboxylic acids is 1. The Hall–Kier alpha value is -0.780. The van der Waals surface area contributed by atoms with Gasteiger partial charge in [0.1, 0.15) is 6.54 Å². The van der Waals surface area contributed by atoms with Crippen LogP contribution in [0.2, 0.25) is 0 Å². The molecule has 6 heteroatoms. The van der Waals surface area contributed by atoms with Crippen molar-refractivity contribution < 1.29 is 18.0 Å². The van der Waals surface area contributed by atoms with E-state index in [2.05, 4.69) is 5.32 Å². The maximum Gasteiger partial charge on any atom is 0.405 e. The zero-order valence-corrected chi connectivity index (χ0v) is 10.0. The van der Waals surface area contributed by atoms with Crippen LogP contribution in [0.5, 0.6) is 0 Å². The van der Waals surface area contributed by atoms with E-state index in [1.807, 2.05) is 27.7 Å². The first kappa shape index (κ1) is 15.2. The zero-order chi connectivity index (χ0) is 13.0. The van der Waals surface area contributed by atoms with Crippen molar-refractivity contribution in [1.82, 2.24) is 10.6 Å². The molecule has 0 rings (SSSR count). The van der Waals surface area contributed by atoms with Crippen molar-refractivity contribution in [3.05, 3.63) is 0 Å². The van der Waals surface area contributed by atoms with Crippen molar-refractivity contribution >= 4 is 5.91 Å². The summed E-state index contributed by atoms with van der Waals surface area (Å²) in [5, 5.41) is 4.68. The first-order valence-electron chi connectivity index (χ1n) is 5.09. The van der Waals surface area contributed by atoms with Gasteiger partial charge >= 0.3 is 6.18 Å². The van der Waals surface area contributed by atoms with Crippen molar-refractivity contribution in [2.45, 2.75) is 39.9 Å². The molecule has 0 radical (unpaired) electrons. The monoisotopic (exact) mass is 240 g/mol. The van der Waals surface area contributed by atoms with E-state index < -0.39 is 18.6 Å². The smallest absolute Gasteiger partial charge is 0.346 e. The van der Waals surface area contributed by atoms with Crippen molar-refractivity contribution in [2.75, 3.05) is 13.1 Å². The third kappa shape index (κ3) is 7.50. The second kappa shape index (κ2) is 5.52. The van der Waals surface area contributed by atoms with E-state index in [0.717, 1.165) is 0 Å². The van der Waals surface area contributed by atoms with E-state index in [1.165, 1.54) is 0 Å². The number of hydrogen-bond acceptors (Lipinski definition) is 2. The largest absolute Gasteiger partial charge is 0.405 e. The van der Waals surface area contributed by atoms with Gasteiger partial charge in [-0.2, -0.15) is 13.2 Å². The van der Waals surface area contributed by atoms with E-state index in [1.54, 1.807) is 5.32 Å². The average molecular weight is 240 g/mol. The molecular weight excluding hydrogens is 221 g/mol. The van der Waals surface area contributed by atoms with Gasteiger partial charge in [-0.25, -0.2) is 0 Å². The summed E-state index contributed by atoms with van der Waals surface area (Å²) in [6.45, 7) is 6.46. The first-order valence-corrected chi connectivity index (χ1v) is 5.09. The molecule has 96 valence electrons. The van der Waals surface area contributed by atoms with Crippen molar-refractivity contribution in [3.8, 4) is 0 Å². The summed E-state index contributed by atoms with van der Waals surface area (Å²) >= 11 is 0. The number of hydrogen-bond donors (Lipinski definition) is 2. The summed E-state index contributed by atoms with van der Waals surface area (Å²) in [4.78, 5) is 11.0. The molecule has 0 saturated heterocycles. The number of rotatable bonds is 4. The van der Waals surface area contributed by atoms with Crippen molar-refractivity contribution in [1.29, 1.82) is 0 Å². The average Bonchev–Trinajstić information content (AvgIpc) is 2.08. The summed E-state index contributed by atoms with van der Waals surface area (Å²) in [7, 11) is 0. The van der Waals surface area contributed by atoms with Crippen LogP contribution in [0.25, 0.3) is 0 Å². The molecule has 0 fully saturated rings. The van der Waals surface area contributed by atoms with Crippen LogP contribution in [0.15, 0.2) is 0 Å². The van der Waals surface area contributed by atoms with E-state index in [0.29, 0.717) is 0 Å². The predicted octanol–water partition coefficient (Wildman–Crippen LogP) is 1.69. The molecule has 0 bridgehead atoms. The second-order valence-corrected chi connectivity index (χ2v) is 4.86. The van der Waals surface area contributed by atoms with Crippen LogP contribution in [-0.2, 0) is 4.79 Å². The van der Waals surface area contributed by atoms with E-state index >= 15 is 0 Å². The molecule has 0 aliphatic rings. The van der Waals surface area contributed by atoms with Crippen LogP contribution >= 0.6 is 0 Å². The van der Waals surface area contributed by atoms with Crippen LogP contribution < -0.4 is 10.6 Å². The third-order valence-corrected chi connectivity index (χ3v) is 2.35. The molecule has 0 aromatic heterocycles. The lowest BCUT2D eigenvalue weighted by Crippen LogP contribution is -2.45. The molecular formula is C10H19F3N2O. The Bertz CT molecular complexity index is 233. The fourth-order valence-electron chi connectivity index (χ4n) is 0.813. The van der Waals surface area contributed by atoms with Gasteiger partial charge in [0, 0.05) is 6.04 Å². The molecule has 0 saturated carbocycles. The third-order valence-electron chi connectivity index (χ3n) is 2.35. The number of alkyl halides is 3. The molecule has 1 atom stereocenters. The SMILES string of the molecule is CC(NCC(=O)NCC(F)(F)F)C(C)(C)C. The Kier molecular flexibility index (Phi) is 5.25. The standard InChI is InChI=1S/C10H19F3N2O/c1-7(9(2,3)4)14-5-8(16)15-6-10(11,12)13/h7,14H,5-6H2,1-4H3,(H,15,16). The van der Waals surface area contributed by atoms with Crippen LogP contribution in [-0.4, -0.2) is 31.2 Å². The molecule has 1 unspecified atom stereocenters. The normalized spacial score (nSPS) is 14.7. The van der Waals surface area contributed by atoms with Gasteiger partial charge in [-0.3, -0.25) is 4.79 Å². The lowest BCUT2D eigenvalue weighted by Gasteiger charge is -2.28. The molecule has 0 aliphatic heterocycles. The fourth-order valence-corrected chi connectivity index (χ4v) is 0.813. The van der Waals surface area contributed by atoms with Gasteiger partial charge in [0.05, 0.1) is 6.54 Å². The van der Waals surface area contributed by atoms with Gasteiger partial charge in [0.2, 0.25) is 5.91 Å². The number of carbonyl (C=O) groups is 1. The highest BCUT2D eigenvalue weighted by atomic mass is 19.4. The highest BCUT2D eigenvalue weighted by Crippen LogP contribution is 2.18. The summed E-state index contributed by atoms with van der Waals surface area (Å²) in [6, 6.07) is 0.0455. The molecule has 1 amide bonds. The molecule has 0 spiro atoms. The zero-order valence-electron chi connectivity index (χ0n) is 10.0. The minimum atomic E-state index is -4.36. The van der Waals surface area contributed by atoms with Crippen molar-refractivity contribution in [2.24, 2.45) is 5.41 Å². The van der Waals surface area contributed by atoms with Crippen molar-refractivity contribution in [3.63, 3.8) is 0 Å². The van der Waals surface area contributed by atoms with Crippen LogP contribution in [0.1, 0.15) is 27.7 Å². The maximum absolute atomic E-state index is 11.8. The van der Waals surface area contributed by atoms with Gasteiger partial charge in [0.25, 0.3) is 0 Å². The summed E-state index contributed by atoms with van der Waals surface area (Å²) in [5.74, 6) is -0.645. The Labute approximate surface area is 93.8 Å². The van der Waals surface area contributed by atoms with Crippen LogP contribution in [0, 0.1) is 5.41 Å². The predicted molar refractivity (Wildman–Crippen MR) is 56.0 cm³/mol. The molecule has 0 aromatic carbocycles. The lowest BCUT2D eigenvalue weighted by molar-refractivity contribution is -0.138. The minimum absolute atomic E-state index is 0.0374. The Morgan fingerprint density at radius 1 is 1.25 bits per heavy atom. The molecule has 16 heavy (non-hydrogen) atoms. The number of halogens is 3. The van der Waals surface area contributed by atoms with Gasteiger partial charge < -0.3 is 10.6 Å². The molecule has 0 heterocycles. The molecule has 2 N–H and O–H groups in total. The lowest BCUT2D eigenvalue weighted by atomic mass is 9.88. The number of nitrogens with one attached hydrogen (secondary N) is 2. The molecule has 0 aromatic rings. The second-order valence-electron chi connectivity index (χ2n) is 4.86. The Balaban J connectivity index is 3.83. The first-order chi connectivity index (χ1) is 7.02. The quantitative estimate of drug-likeness (QED) is 0.785. The number of amides is 1. The summed E-state index contributed by atoms with van der Waals surface area (Å²) < 4.78 is 35.3. The Morgan fingerprint density at radius 2 is 1.75 bits per heavy atom. The van der Waals surface area contributed by atoms with Gasteiger partial charge in [-0.15, -0.1) is 0 Å². The van der Waals surface area contributed by atoms with Gasteiger partial charge in [0.15, 0.2) is 0 Å². The van der Waals surface area contributed by atoms with Crippen LogP contribution in [0.4, 0.5) is 13.2 Å². The highest BCUT2D eigenvalue weighted by molar-refractivity contribution is 5.78. The van der Waals surface area contributed by atoms with Gasteiger partial charge in [-0.05, 0) is 12.3 Å². The van der Waals surface area contributed by atoms with E-state index in [4.69, 9.17) is 0 Å². The van der Waals surface area contributed by atoms with Crippen LogP contribution in [0.3, 0.4) is 0 Å². The molecule has 3 nitrogen and oxygen atoms in total. The topological polar surface area (TPSA) is 41.1 Å². The Morgan fingerprint density at radius 3 is 2.12 bits per heavy atom. The van der Waals surface area contributed by atoms with E-state index in [-0.39, 0.29) is 18.0 Å². The van der Waals surface area contributed by atoms with Gasteiger partial charge in [-0.1, -0.05) is 20.8 Å². The summed E-state index contributed by atoms with van der Waals surface area (Å²) in [6.07, 6.45) is -4.36. The molecule has 0 aliphatic carbocycles. The fraction of sp³-hybridized carbons (Fsp3) is 0.900. The summed E-state index contributed by atoms with van der Waals surface area (Å²) in [5.41, 5.74) is -0.0374. The maximum atomic E-state index is 11.8. The van der Waals surface area contributed by atoms with E-state index in [9.17, 15) is 18.0 Å².